The van der Waals surface area contributed by atoms with E-state index in [1.807, 2.05) is 133 Å². The van der Waals surface area contributed by atoms with Crippen LogP contribution in [0.3, 0.4) is 0 Å². The second kappa shape index (κ2) is 18.5. The van der Waals surface area contributed by atoms with Gasteiger partial charge in [-0.25, -0.2) is 0 Å². The Kier molecular flexibility index (Phi) is 13.1. The van der Waals surface area contributed by atoms with E-state index in [0.717, 1.165) is 32.4 Å². The summed E-state index contributed by atoms with van der Waals surface area (Å²) in [6, 6.07) is 43.6. The molecule has 12 heteroatoms. The molecular weight excluding hydrogens is 811 g/mol. The van der Waals surface area contributed by atoms with E-state index in [0.29, 0.717) is 21.8 Å². The molecule has 1 aromatic heterocycles. The van der Waals surface area contributed by atoms with Crippen LogP contribution in [0.5, 0.6) is 11.5 Å². The Labute approximate surface area is 342 Å². The number of aliphatic hydroxyl groups excluding tert-OH is 1. The summed E-state index contributed by atoms with van der Waals surface area (Å²) in [6.07, 6.45) is -1.40. The van der Waals surface area contributed by atoms with Crippen LogP contribution in [0.4, 0.5) is 0 Å². The summed E-state index contributed by atoms with van der Waals surface area (Å²) in [5.41, 5.74) is 2.05. The van der Waals surface area contributed by atoms with Gasteiger partial charge in [-0.1, -0.05) is 0 Å². The molecule has 1 aliphatic heterocycles. The first-order chi connectivity index (χ1) is 27.8. The number of hydrogen-bond donors (Lipinski definition) is 1. The number of nitrogens with zero attached hydrogens (tertiary/aromatic N) is 2. The number of hydrogen-bond acceptors (Lipinski definition) is 8. The maximum absolute atomic E-state index is 14.1. The quantitative estimate of drug-likeness (QED) is 0.0836. The predicted octanol–water partition coefficient (Wildman–Crippen LogP) is 6.81. The van der Waals surface area contributed by atoms with E-state index in [1.165, 1.54) is 16.8 Å². The van der Waals surface area contributed by atoms with E-state index in [1.54, 1.807) is 14.2 Å². The van der Waals surface area contributed by atoms with E-state index in [-0.39, 0.29) is 34.9 Å². The Bertz CT molecular complexity index is 2290. The normalized spacial score (nSPS) is 18.0. The minimum absolute atomic E-state index is 0.0577. The van der Waals surface area contributed by atoms with E-state index >= 15 is 0 Å². The molecule has 4 atom stereocenters. The molecular formula is C45H43ClN2O8Se. The number of rotatable bonds is 16. The minimum atomic E-state index is -1.17. The van der Waals surface area contributed by atoms with Crippen LogP contribution in [0, 0.1) is 0 Å². The number of ether oxygens (including phenoxy) is 5. The van der Waals surface area contributed by atoms with E-state index in [2.05, 4.69) is 0 Å². The molecule has 5 aromatic carbocycles. The third kappa shape index (κ3) is 8.81. The van der Waals surface area contributed by atoms with Gasteiger partial charge in [0.2, 0.25) is 0 Å². The molecule has 1 N–H and O–H groups in total. The first-order valence-corrected chi connectivity index (χ1v) is 21.0. The van der Waals surface area contributed by atoms with E-state index < -0.39 is 40.1 Å². The number of halogens is 1. The average molecular weight is 854 g/mol. The summed E-state index contributed by atoms with van der Waals surface area (Å²) in [6.45, 7) is -0.0966. The van der Waals surface area contributed by atoms with Crippen molar-refractivity contribution in [2.24, 2.45) is 0 Å². The van der Waals surface area contributed by atoms with Crippen molar-refractivity contribution in [2.75, 3.05) is 20.8 Å². The molecule has 0 amide bonds. The summed E-state index contributed by atoms with van der Waals surface area (Å²) in [5, 5.41) is 13.4. The molecule has 0 aliphatic carbocycles. The van der Waals surface area contributed by atoms with Gasteiger partial charge in [-0.3, -0.25) is 0 Å². The molecule has 1 aliphatic rings. The topological polar surface area (TPSA) is 110 Å². The molecule has 7 rings (SSSR count). The fourth-order valence-corrected chi connectivity index (χ4v) is 10.2. The van der Waals surface area contributed by atoms with Crippen LogP contribution in [0.2, 0.25) is 9.84 Å². The fraction of sp³-hybridized carbons (Fsp3) is 0.244. The Hall–Kier alpha value is -4.97. The van der Waals surface area contributed by atoms with Crippen LogP contribution in [-0.2, 0) is 38.5 Å². The van der Waals surface area contributed by atoms with Crippen LogP contribution in [0.1, 0.15) is 34.0 Å². The summed E-state index contributed by atoms with van der Waals surface area (Å²) >= 11 is 6.25. The summed E-state index contributed by atoms with van der Waals surface area (Å²) in [4.78, 5) is 26.6. The van der Waals surface area contributed by atoms with Gasteiger partial charge in [-0.2, -0.15) is 0 Å². The van der Waals surface area contributed by atoms with Gasteiger partial charge in [0.25, 0.3) is 0 Å². The number of aliphatic hydroxyl groups is 1. The summed E-state index contributed by atoms with van der Waals surface area (Å²) in [7, 11) is 3.24. The summed E-state index contributed by atoms with van der Waals surface area (Å²) < 4.78 is 33.1. The maximum atomic E-state index is 14.1. The number of benzene rings is 5. The van der Waals surface area contributed by atoms with E-state index in [4.69, 9.17) is 35.3 Å². The zero-order valence-corrected chi connectivity index (χ0v) is 33.9. The van der Waals surface area contributed by atoms with Gasteiger partial charge in [0.05, 0.1) is 0 Å². The standard InChI is InChI=1S/C45H43ClN2O8Se/c1-52-36-21-17-34(18-22-36)45(33-14-7-4-8-15-33,35-19-23-37(53-2)24-20-35)55-28-39-41(50)42(57-29-32-13-9-10-16-38(32)46)43(56-39)47-26-25-40(49)48(44(47)51)30-54-27-31-11-5-3-6-12-31/h3-26,39,41-43,50H,27-30H2,1-2H3/t39-,41-,42-,43-/m1/s1. The van der Waals surface area contributed by atoms with Gasteiger partial charge >= 0.3 is 344 Å². The molecule has 0 radical (unpaired) electrons. The first-order valence-electron chi connectivity index (χ1n) is 18.4. The van der Waals surface area contributed by atoms with Gasteiger partial charge in [0.1, 0.15) is 0 Å². The molecule has 0 spiro atoms. The second-order valence-corrected chi connectivity index (χ2v) is 16.3. The summed E-state index contributed by atoms with van der Waals surface area (Å²) in [5.74, 6) is 1.38. The molecule has 2 heterocycles. The van der Waals surface area contributed by atoms with Crippen LogP contribution in [0.25, 0.3) is 0 Å². The first kappa shape index (κ1) is 40.2. The zero-order chi connectivity index (χ0) is 39.8. The van der Waals surface area contributed by atoms with Crippen molar-refractivity contribution < 1.29 is 28.8 Å². The molecule has 294 valence electrons. The average Bonchev–Trinajstić information content (AvgIpc) is 3.56. The Morgan fingerprint density at radius 2 is 1.33 bits per heavy atom. The Balaban J connectivity index is 1.24. The van der Waals surface area contributed by atoms with Crippen molar-refractivity contribution >= 4 is 26.6 Å². The van der Waals surface area contributed by atoms with Crippen LogP contribution in [0.15, 0.2) is 155 Å². The van der Waals surface area contributed by atoms with Gasteiger partial charge in [0.15, 0.2) is 0 Å². The van der Waals surface area contributed by atoms with Crippen molar-refractivity contribution in [1.29, 1.82) is 0 Å². The van der Waals surface area contributed by atoms with Crippen molar-refractivity contribution in [3.05, 3.63) is 199 Å². The Morgan fingerprint density at radius 1 is 0.754 bits per heavy atom. The fourth-order valence-electron chi connectivity index (χ4n) is 7.02. The molecule has 1 fully saturated rings. The van der Waals surface area contributed by atoms with Crippen molar-refractivity contribution in [2.45, 2.75) is 47.5 Å². The molecule has 1 saturated heterocycles. The molecule has 0 saturated carbocycles. The molecule has 10 nitrogen and oxygen atoms in total. The van der Waals surface area contributed by atoms with Crippen LogP contribution < -0.4 is 20.7 Å². The van der Waals surface area contributed by atoms with Crippen LogP contribution >= 0.6 is 11.6 Å². The van der Waals surface area contributed by atoms with Crippen molar-refractivity contribution in [3.8, 4) is 11.5 Å². The third-order valence-electron chi connectivity index (χ3n) is 10.0. The monoisotopic (exact) mass is 854 g/mol. The van der Waals surface area contributed by atoms with Crippen molar-refractivity contribution in [3.63, 3.8) is 0 Å². The van der Waals surface area contributed by atoms with Gasteiger partial charge in [0, 0.05) is 0 Å². The Morgan fingerprint density at radius 3 is 1.95 bits per heavy atom. The second-order valence-electron chi connectivity index (χ2n) is 13.5. The van der Waals surface area contributed by atoms with E-state index in [9.17, 15) is 14.7 Å². The number of aromatic nitrogens is 2. The van der Waals surface area contributed by atoms with Gasteiger partial charge < -0.3 is 0 Å². The molecule has 57 heavy (non-hydrogen) atoms. The molecule has 6 aromatic rings. The zero-order valence-electron chi connectivity index (χ0n) is 31.5. The SMILES string of the molecule is COc1ccc(C(OC[C@H]2O[C@@H](n3ccc(=O)n(COCc4ccccc4)c3=O)[C@H]([Se]Cc3ccccc3Cl)[C@@H]2O)(c2ccccc2)c2ccc(OC)cc2)cc1. The van der Waals surface area contributed by atoms with Crippen LogP contribution in [-0.4, -0.2) is 62.2 Å². The van der Waals surface area contributed by atoms with Crippen molar-refractivity contribution in [1.82, 2.24) is 9.13 Å². The molecule has 0 bridgehead atoms. The van der Waals surface area contributed by atoms with Gasteiger partial charge in [-0.05, 0) is 0 Å². The molecule has 0 unspecified atom stereocenters. The predicted molar refractivity (Wildman–Crippen MR) is 219 cm³/mol. The van der Waals surface area contributed by atoms with Gasteiger partial charge in [-0.15, -0.1) is 0 Å². The number of methoxy groups -OCH3 is 2. The third-order valence-corrected chi connectivity index (χ3v) is 13.3.